The van der Waals surface area contributed by atoms with E-state index in [1.54, 1.807) is 0 Å². The Kier molecular flexibility index (Phi) is 4.24. The summed E-state index contributed by atoms with van der Waals surface area (Å²) in [6.07, 6.45) is 1.39. The fourth-order valence-corrected chi connectivity index (χ4v) is 3.92. The molecule has 0 aliphatic carbocycles. The molecule has 0 unspecified atom stereocenters. The SMILES string of the molecule is CN(Cc1csc(Br)c1)S(=O)(=O)c1ccnc(N)c1. The van der Waals surface area contributed by atoms with E-state index >= 15 is 0 Å². The lowest BCUT2D eigenvalue weighted by atomic mass is 10.3. The van der Waals surface area contributed by atoms with Crippen LogP contribution in [0.15, 0.2) is 38.5 Å². The Morgan fingerprint density at radius 2 is 2.21 bits per heavy atom. The van der Waals surface area contributed by atoms with Gasteiger partial charge in [-0.05, 0) is 39.0 Å². The number of hydrogen-bond donors (Lipinski definition) is 1. The molecule has 2 aromatic heterocycles. The highest BCUT2D eigenvalue weighted by Gasteiger charge is 2.21. The van der Waals surface area contributed by atoms with E-state index in [9.17, 15) is 8.42 Å². The number of nitrogen functional groups attached to an aromatic ring is 1. The minimum Gasteiger partial charge on any atom is -0.384 e. The number of nitrogens with zero attached hydrogens (tertiary/aromatic N) is 2. The maximum Gasteiger partial charge on any atom is 0.243 e. The quantitative estimate of drug-likeness (QED) is 0.906. The van der Waals surface area contributed by atoms with E-state index in [1.165, 1.54) is 41.0 Å². The summed E-state index contributed by atoms with van der Waals surface area (Å²) in [5.74, 6) is 0.188. The van der Waals surface area contributed by atoms with Gasteiger partial charge in [-0.25, -0.2) is 13.4 Å². The van der Waals surface area contributed by atoms with Crippen LogP contribution in [-0.4, -0.2) is 24.8 Å². The number of halogens is 1. The maximum atomic E-state index is 12.3. The van der Waals surface area contributed by atoms with Crippen LogP contribution in [0.2, 0.25) is 0 Å². The van der Waals surface area contributed by atoms with Crippen LogP contribution in [-0.2, 0) is 16.6 Å². The number of aromatic nitrogens is 1. The van der Waals surface area contributed by atoms with Crippen molar-refractivity contribution in [2.75, 3.05) is 12.8 Å². The second-order valence-electron chi connectivity index (χ2n) is 3.94. The predicted octanol–water partition coefficient (Wildman–Crippen LogP) is 2.31. The third kappa shape index (κ3) is 3.33. The molecular formula is C11H12BrN3O2S2. The molecule has 0 atom stereocenters. The van der Waals surface area contributed by atoms with Gasteiger partial charge in [-0.3, -0.25) is 0 Å². The zero-order valence-electron chi connectivity index (χ0n) is 10.1. The summed E-state index contributed by atoms with van der Waals surface area (Å²) in [5.41, 5.74) is 6.45. The first-order valence-corrected chi connectivity index (χ1v) is 8.41. The molecule has 2 rings (SSSR count). The average Bonchev–Trinajstić information content (AvgIpc) is 2.74. The minimum absolute atomic E-state index is 0.150. The monoisotopic (exact) mass is 361 g/mol. The smallest absolute Gasteiger partial charge is 0.243 e. The van der Waals surface area contributed by atoms with Crippen LogP contribution < -0.4 is 5.73 Å². The molecule has 0 saturated carbocycles. The van der Waals surface area contributed by atoms with Crippen LogP contribution in [0.1, 0.15) is 5.56 Å². The minimum atomic E-state index is -3.55. The van der Waals surface area contributed by atoms with E-state index in [0.29, 0.717) is 6.54 Å². The molecule has 0 amide bonds. The maximum absolute atomic E-state index is 12.3. The third-order valence-corrected chi connectivity index (χ3v) is 5.84. The molecule has 19 heavy (non-hydrogen) atoms. The van der Waals surface area contributed by atoms with Crippen LogP contribution in [0, 0.1) is 0 Å². The third-order valence-electron chi connectivity index (χ3n) is 2.49. The molecule has 2 aromatic rings. The molecule has 8 heteroatoms. The second-order valence-corrected chi connectivity index (χ2v) is 8.27. The van der Waals surface area contributed by atoms with Gasteiger partial charge in [-0.15, -0.1) is 11.3 Å². The molecule has 0 radical (unpaired) electrons. The number of thiophene rings is 1. The summed E-state index contributed by atoms with van der Waals surface area (Å²) in [6, 6.07) is 4.69. The van der Waals surface area contributed by atoms with Crippen LogP contribution in [0.4, 0.5) is 5.82 Å². The number of rotatable bonds is 4. The highest BCUT2D eigenvalue weighted by molar-refractivity contribution is 9.11. The van der Waals surface area contributed by atoms with Crippen LogP contribution in [0.3, 0.4) is 0 Å². The number of pyridine rings is 1. The van der Waals surface area contributed by atoms with Crippen molar-refractivity contribution in [1.82, 2.24) is 9.29 Å². The lowest BCUT2D eigenvalue weighted by Crippen LogP contribution is -2.26. The summed E-state index contributed by atoms with van der Waals surface area (Å²) < 4.78 is 26.9. The van der Waals surface area contributed by atoms with E-state index in [4.69, 9.17) is 5.73 Å². The molecule has 5 nitrogen and oxygen atoms in total. The molecule has 2 N–H and O–H groups in total. The first-order valence-electron chi connectivity index (χ1n) is 5.30. The van der Waals surface area contributed by atoms with E-state index in [1.807, 2.05) is 11.4 Å². The fraction of sp³-hybridized carbons (Fsp3) is 0.182. The Bertz CT molecular complexity index is 685. The van der Waals surface area contributed by atoms with Gasteiger partial charge in [0, 0.05) is 25.9 Å². The van der Waals surface area contributed by atoms with E-state index < -0.39 is 10.0 Å². The van der Waals surface area contributed by atoms with Crippen molar-refractivity contribution in [1.29, 1.82) is 0 Å². The summed E-state index contributed by atoms with van der Waals surface area (Å²) in [6.45, 7) is 0.312. The van der Waals surface area contributed by atoms with Crippen molar-refractivity contribution >= 4 is 43.1 Å². The van der Waals surface area contributed by atoms with Gasteiger partial charge >= 0.3 is 0 Å². The van der Waals surface area contributed by atoms with Gasteiger partial charge in [0.25, 0.3) is 0 Å². The molecule has 0 aliphatic heterocycles. The van der Waals surface area contributed by atoms with Gasteiger partial charge in [0.15, 0.2) is 0 Å². The van der Waals surface area contributed by atoms with Gasteiger partial charge in [0.05, 0.1) is 8.68 Å². The summed E-state index contributed by atoms with van der Waals surface area (Å²) in [5, 5.41) is 1.91. The van der Waals surface area contributed by atoms with Crippen LogP contribution >= 0.6 is 27.3 Å². The first-order chi connectivity index (χ1) is 8.89. The van der Waals surface area contributed by atoms with Crippen molar-refractivity contribution < 1.29 is 8.42 Å². The first kappa shape index (κ1) is 14.4. The molecule has 0 aliphatic rings. The Labute approximate surface area is 124 Å². The molecule has 0 spiro atoms. The van der Waals surface area contributed by atoms with Gasteiger partial charge in [-0.1, -0.05) is 0 Å². The Balaban J connectivity index is 2.24. The Hall–Kier alpha value is -0.960. The molecule has 0 saturated heterocycles. The predicted molar refractivity (Wildman–Crippen MR) is 79.3 cm³/mol. The van der Waals surface area contributed by atoms with E-state index in [-0.39, 0.29) is 10.7 Å². The van der Waals surface area contributed by atoms with Crippen LogP contribution in [0.5, 0.6) is 0 Å². The average molecular weight is 362 g/mol. The zero-order valence-corrected chi connectivity index (χ0v) is 13.3. The molecular weight excluding hydrogens is 350 g/mol. The highest BCUT2D eigenvalue weighted by Crippen LogP contribution is 2.23. The van der Waals surface area contributed by atoms with Gasteiger partial charge in [-0.2, -0.15) is 4.31 Å². The fourth-order valence-electron chi connectivity index (χ4n) is 1.54. The van der Waals surface area contributed by atoms with Crippen molar-refractivity contribution in [2.24, 2.45) is 0 Å². The number of hydrogen-bond acceptors (Lipinski definition) is 5. The largest absolute Gasteiger partial charge is 0.384 e. The van der Waals surface area contributed by atoms with Gasteiger partial charge < -0.3 is 5.73 Å². The number of sulfonamides is 1. The van der Waals surface area contributed by atoms with Crippen LogP contribution in [0.25, 0.3) is 0 Å². The lowest BCUT2D eigenvalue weighted by molar-refractivity contribution is 0.467. The standard InChI is InChI=1S/C11H12BrN3O2S2/c1-15(6-8-4-10(12)18-7-8)19(16,17)9-2-3-14-11(13)5-9/h2-5,7H,6H2,1H3,(H2,13,14). The van der Waals surface area contributed by atoms with Gasteiger partial charge in [0.2, 0.25) is 10.0 Å². The zero-order chi connectivity index (χ0) is 14.0. The van der Waals surface area contributed by atoms with E-state index in [2.05, 4.69) is 20.9 Å². The number of anilines is 1. The highest BCUT2D eigenvalue weighted by atomic mass is 79.9. The molecule has 0 aromatic carbocycles. The molecule has 0 fully saturated rings. The normalized spacial score (nSPS) is 11.9. The molecule has 102 valence electrons. The lowest BCUT2D eigenvalue weighted by Gasteiger charge is -2.16. The Morgan fingerprint density at radius 3 is 2.79 bits per heavy atom. The van der Waals surface area contributed by atoms with Crippen molar-refractivity contribution in [3.05, 3.63) is 39.1 Å². The van der Waals surface area contributed by atoms with Gasteiger partial charge in [0.1, 0.15) is 5.82 Å². The summed E-state index contributed by atoms with van der Waals surface area (Å²) >= 11 is 4.87. The summed E-state index contributed by atoms with van der Waals surface area (Å²) in [4.78, 5) is 3.94. The molecule has 2 heterocycles. The Morgan fingerprint density at radius 1 is 1.47 bits per heavy atom. The summed E-state index contributed by atoms with van der Waals surface area (Å²) in [7, 11) is -2.01. The molecule has 0 bridgehead atoms. The second kappa shape index (κ2) is 5.58. The van der Waals surface area contributed by atoms with Crippen molar-refractivity contribution in [3.8, 4) is 0 Å². The number of nitrogens with two attached hydrogens (primary N) is 1. The van der Waals surface area contributed by atoms with Crippen molar-refractivity contribution in [3.63, 3.8) is 0 Å². The van der Waals surface area contributed by atoms with E-state index in [0.717, 1.165) is 9.35 Å². The van der Waals surface area contributed by atoms with Crippen molar-refractivity contribution in [2.45, 2.75) is 11.4 Å². The topological polar surface area (TPSA) is 76.3 Å².